The average Bonchev–Trinajstić information content (AvgIpc) is 1.63. The van der Waals surface area contributed by atoms with Gasteiger partial charge in [0.15, 0.2) is 0 Å². The largest absolute Gasteiger partial charge is 0.455 e. The normalized spacial score (nSPS) is 12.6. The number of methoxy groups -OCH3 is 1. The molecule has 0 radical (unpaired) electrons. The van der Waals surface area contributed by atoms with Crippen LogP contribution in [-0.2, 0) is 56.4 Å². The lowest BCUT2D eigenvalue weighted by Crippen LogP contribution is -2.31. The van der Waals surface area contributed by atoms with Crippen LogP contribution in [0.25, 0.3) is 44.1 Å². The number of halogens is 3. The molecule has 0 fully saturated rings. The topological polar surface area (TPSA) is 218 Å². The maximum absolute atomic E-state index is 12.9. The SMILES string of the molecule is COCC(Cc1ccc(C)cc1)n1c(=N)n(Cc2ccc(C)cc2)c2ccccc21.Cc1ccc(C(CO)n2c(=N)n(Cc3cc(C)cc(C)c3)c3ccccc32)cc1.Cc1ccc(CC(CO)n2c(=N)n(Cc3ccc(C(F)(F)F)o3)c3ccccc32)cc1.Cc1ccc(CC(CO)n2c(=N)n(Cc3ccsc3)c3ccccc32)cc1. The number of ether oxygens (including phenoxy) is 1. The summed E-state index contributed by atoms with van der Waals surface area (Å²) in [5.41, 5.74) is 25.4. The Hall–Kier alpha value is -12.1. The van der Waals surface area contributed by atoms with Gasteiger partial charge in [-0.2, -0.15) is 24.5 Å². The molecule has 0 bridgehead atoms. The van der Waals surface area contributed by atoms with Gasteiger partial charge < -0.3 is 61.0 Å². The van der Waals surface area contributed by atoms with Crippen molar-refractivity contribution in [3.05, 3.63) is 377 Å². The summed E-state index contributed by atoms with van der Waals surface area (Å²) >= 11 is 1.67. The van der Waals surface area contributed by atoms with Crippen LogP contribution in [0.1, 0.15) is 114 Å². The molecule has 0 aliphatic rings. The minimum atomic E-state index is -4.56. The number of thiophene rings is 1. The van der Waals surface area contributed by atoms with Crippen LogP contribution in [-0.4, -0.2) is 85.4 Å². The van der Waals surface area contributed by atoms with Crippen LogP contribution in [0.5, 0.6) is 0 Å². The first-order valence-electron chi connectivity index (χ1n) is 39.3. The molecule has 6 aromatic heterocycles. The molecule has 117 heavy (non-hydrogen) atoms. The van der Waals surface area contributed by atoms with Crippen molar-refractivity contribution in [1.82, 2.24) is 36.5 Å². The number of fused-ring (bicyclic) bond motifs is 4. The second-order valence-corrected chi connectivity index (χ2v) is 31.2. The first-order chi connectivity index (χ1) is 56.5. The number of alkyl halides is 3. The predicted octanol–water partition coefficient (Wildman–Crippen LogP) is 18.3. The number of aliphatic hydroxyl groups excluding tert-OH is 3. The second kappa shape index (κ2) is 37.2. The summed E-state index contributed by atoms with van der Waals surface area (Å²) in [6.45, 7) is 16.8. The average molecular weight is 1590 g/mol. The lowest BCUT2D eigenvalue weighted by Gasteiger charge is -2.19. The van der Waals surface area contributed by atoms with Crippen molar-refractivity contribution in [2.24, 2.45) is 0 Å². The number of nitrogens with one attached hydrogen (secondary N) is 4. The fourth-order valence-electron chi connectivity index (χ4n) is 15.6. The molecular formula is C96H101F3N12O5S. The van der Waals surface area contributed by atoms with Gasteiger partial charge in [-0.25, -0.2) is 0 Å². The van der Waals surface area contributed by atoms with E-state index in [1.807, 2.05) is 122 Å². The van der Waals surface area contributed by atoms with Gasteiger partial charge in [0.1, 0.15) is 5.76 Å². The third-order valence-corrected chi connectivity index (χ3v) is 22.3. The molecule has 0 aliphatic heterocycles. The summed E-state index contributed by atoms with van der Waals surface area (Å²) < 4.78 is 64.7. The summed E-state index contributed by atoms with van der Waals surface area (Å²) in [7, 11) is 1.73. The van der Waals surface area contributed by atoms with Gasteiger partial charge in [0.25, 0.3) is 0 Å². The van der Waals surface area contributed by atoms with Crippen molar-refractivity contribution in [3.8, 4) is 0 Å². The van der Waals surface area contributed by atoms with Crippen molar-refractivity contribution in [1.29, 1.82) is 21.6 Å². The molecule has 602 valence electrons. The van der Waals surface area contributed by atoms with Gasteiger partial charge in [-0.05, 0) is 184 Å². The maximum atomic E-state index is 12.9. The van der Waals surface area contributed by atoms with Crippen LogP contribution >= 0.6 is 11.3 Å². The highest BCUT2D eigenvalue weighted by atomic mass is 32.1. The molecule has 21 heteroatoms. The Morgan fingerprint density at radius 3 is 1.07 bits per heavy atom. The summed E-state index contributed by atoms with van der Waals surface area (Å²) in [5, 5.41) is 70.3. The molecule has 0 spiro atoms. The first-order valence-corrected chi connectivity index (χ1v) is 40.3. The van der Waals surface area contributed by atoms with Gasteiger partial charge in [0.2, 0.25) is 28.2 Å². The smallest absolute Gasteiger partial charge is 0.449 e. The van der Waals surface area contributed by atoms with Gasteiger partial charge in [-0.3, -0.25) is 21.6 Å². The number of rotatable bonds is 24. The van der Waals surface area contributed by atoms with Crippen molar-refractivity contribution >= 4 is 55.5 Å². The number of nitrogens with zero attached hydrogens (tertiary/aromatic N) is 8. The van der Waals surface area contributed by atoms with Crippen LogP contribution in [0.3, 0.4) is 0 Å². The second-order valence-electron chi connectivity index (χ2n) is 30.4. The fourth-order valence-corrected chi connectivity index (χ4v) is 16.3. The van der Waals surface area contributed by atoms with Gasteiger partial charge in [0, 0.05) is 7.11 Å². The molecule has 0 saturated carbocycles. The number of aryl methyl sites for hydroxylation is 7. The number of hydrogen-bond acceptors (Lipinski definition) is 10. The van der Waals surface area contributed by atoms with E-state index in [0.717, 1.165) is 67.8 Å². The molecule has 7 N–H and O–H groups in total. The van der Waals surface area contributed by atoms with Crippen LogP contribution in [0.2, 0.25) is 0 Å². The van der Waals surface area contributed by atoms with Crippen molar-refractivity contribution in [3.63, 3.8) is 0 Å². The van der Waals surface area contributed by atoms with Crippen molar-refractivity contribution in [2.45, 2.75) is 124 Å². The molecule has 0 saturated heterocycles. The summed E-state index contributed by atoms with van der Waals surface area (Å²) in [5.74, 6) is -0.959. The van der Waals surface area contributed by atoms with E-state index >= 15 is 0 Å². The van der Waals surface area contributed by atoms with Crippen LogP contribution in [0, 0.1) is 70.1 Å². The number of imidazole rings is 4. The third-order valence-electron chi connectivity index (χ3n) is 21.5. The Bertz CT molecular complexity index is 6260. The molecular weight excluding hydrogens is 1490 g/mol. The standard InChI is InChI=1S/C26H29N3O.C25H27N3O.C23H22F3N3O2.C22H23N3OS/c1-19-8-12-21(13-9-19)16-23(18-30-3)29-25-7-5-4-6-24(25)28(26(29)27)17-22-14-10-20(2)11-15-22;1-17-8-10-21(11-9-17)24(16-29)28-23-7-5-4-6-22(23)27(25(28)26)15-20-13-18(2)12-19(3)14-20;1-15-6-8-16(9-7-15)12-17(14-30)29-20-5-3-2-4-19(20)28(22(29)27)13-18-10-11-21(31-18)23(24,25)26;1-16-6-8-17(9-7-16)12-19(14-26)25-21-5-3-2-4-20(21)24(22(25)23)13-18-10-11-27-15-18/h4-15,23,27H,16-18H2,1-3H3;4-14,24,26,29H,15-16H2,1-3H3;2-11,17,27,30H,12-14H2,1H3;2-11,15,19,23,26H,12-14H2,1H3. The highest BCUT2D eigenvalue weighted by Crippen LogP contribution is 2.33. The lowest BCUT2D eigenvalue weighted by atomic mass is 10.0. The predicted molar refractivity (Wildman–Crippen MR) is 459 cm³/mol. The maximum Gasteiger partial charge on any atom is 0.449 e. The highest BCUT2D eigenvalue weighted by molar-refractivity contribution is 7.08. The molecule has 0 aliphatic carbocycles. The van der Waals surface area contributed by atoms with E-state index in [1.165, 1.54) is 67.3 Å². The zero-order valence-corrected chi connectivity index (χ0v) is 68.1. The number of para-hydroxylation sites is 8. The molecule has 0 amide bonds. The van der Waals surface area contributed by atoms with E-state index in [4.69, 9.17) is 30.8 Å². The summed E-state index contributed by atoms with van der Waals surface area (Å²) in [4.78, 5) is 0. The van der Waals surface area contributed by atoms with Crippen molar-refractivity contribution < 1.29 is 37.6 Å². The van der Waals surface area contributed by atoms with E-state index in [-0.39, 0.29) is 55.9 Å². The number of hydrogen-bond donors (Lipinski definition) is 7. The van der Waals surface area contributed by atoms with Crippen LogP contribution in [0.4, 0.5) is 13.2 Å². The van der Waals surface area contributed by atoms with Crippen LogP contribution in [0.15, 0.2) is 270 Å². The number of benzene rings is 10. The lowest BCUT2D eigenvalue weighted by molar-refractivity contribution is -0.153. The molecule has 4 atom stereocenters. The first kappa shape index (κ1) is 82.9. The van der Waals surface area contributed by atoms with E-state index in [9.17, 15) is 28.5 Å². The van der Waals surface area contributed by atoms with E-state index in [2.05, 4.69) is 195 Å². The van der Waals surface area contributed by atoms with E-state index in [0.29, 0.717) is 61.5 Å². The minimum absolute atomic E-state index is 0.00309. The van der Waals surface area contributed by atoms with E-state index in [1.54, 1.807) is 39.7 Å². The minimum Gasteiger partial charge on any atom is -0.455 e. The van der Waals surface area contributed by atoms with Crippen molar-refractivity contribution in [2.75, 3.05) is 33.5 Å². The summed E-state index contributed by atoms with van der Waals surface area (Å²) in [6.07, 6.45) is -2.53. The Morgan fingerprint density at radius 2 is 0.701 bits per heavy atom. The quantitative estimate of drug-likeness (QED) is 0.0313. The van der Waals surface area contributed by atoms with Crippen LogP contribution < -0.4 is 22.5 Å². The molecule has 6 heterocycles. The van der Waals surface area contributed by atoms with Gasteiger partial charge in [-0.1, -0.05) is 227 Å². The third kappa shape index (κ3) is 19.2. The molecule has 16 aromatic rings. The number of aliphatic hydroxyl groups is 3. The highest BCUT2D eigenvalue weighted by Gasteiger charge is 2.35. The zero-order valence-electron chi connectivity index (χ0n) is 67.3. The Kier molecular flexibility index (Phi) is 26.4. The Labute approximate surface area is 682 Å². The molecule has 4 unspecified atom stereocenters. The van der Waals surface area contributed by atoms with E-state index < -0.39 is 18.0 Å². The molecule has 10 aromatic carbocycles. The summed E-state index contributed by atoms with van der Waals surface area (Å²) in [6, 6.07) is 83.4. The van der Waals surface area contributed by atoms with Gasteiger partial charge in [-0.15, -0.1) is 0 Å². The molecule has 17 nitrogen and oxygen atoms in total. The fraction of sp³-hybridized carbons (Fsp3) is 0.250. The zero-order chi connectivity index (χ0) is 82.6. The molecule has 16 rings (SSSR count). The monoisotopic (exact) mass is 1590 g/mol. The Balaban J connectivity index is 0.000000136. The van der Waals surface area contributed by atoms with Gasteiger partial charge in [0.05, 0.1) is 121 Å². The Morgan fingerprint density at radius 1 is 0.359 bits per heavy atom. The number of furan rings is 1. The number of aromatic nitrogens is 8. The van der Waals surface area contributed by atoms with Gasteiger partial charge >= 0.3 is 6.18 Å².